The molecule has 9 aromatic carbocycles. The van der Waals surface area contributed by atoms with E-state index < -0.39 is 0 Å². The van der Waals surface area contributed by atoms with Gasteiger partial charge in [-0.3, -0.25) is 0 Å². The maximum atomic E-state index is 11.1. The average Bonchev–Trinajstić information content (AvgIpc) is 3.86. The first-order valence-electron chi connectivity index (χ1n) is 20.9. The molecule has 0 amide bonds. The topological polar surface area (TPSA) is 57.4 Å². The molecule has 0 N–H and O–H groups in total. The first-order valence-corrected chi connectivity index (χ1v) is 20.9. The maximum absolute atomic E-state index is 11.1. The number of hydrogen-bond acceptors (Lipinski definition) is 2. The van der Waals surface area contributed by atoms with E-state index in [9.17, 15) is 10.5 Å². The Morgan fingerprint density at radius 3 is 1.05 bits per heavy atom. The van der Waals surface area contributed by atoms with Gasteiger partial charge in [-0.05, 0) is 94.8 Å². The van der Waals surface area contributed by atoms with E-state index in [2.05, 4.69) is 169 Å². The Bertz CT molecular complexity index is 3390. The fourth-order valence-electron chi connectivity index (χ4n) is 9.81. The zero-order chi connectivity index (χ0) is 41.9. The minimum absolute atomic E-state index is 0.357. The molecule has 0 saturated carbocycles. The highest BCUT2D eigenvalue weighted by atomic mass is 15.0. The standard InChI is InChI=1S/C58H38N4/c1-37-15-13-23-47-45-21-9-11-25-51(45)61(57(37)47)43-31-27-41(28-32-43)55-53(39-17-5-3-6-18-39)49(35-59)50(36-60)54(40-19-7-4-8-20-40)56(55)42-29-33-44(34-30-42)62-52-26-12-10-22-46(52)48-24-14-16-38(2)58(48)62/h3-34H,1-2H3. The largest absolute Gasteiger partial charge is 0.309 e. The third kappa shape index (κ3) is 5.59. The van der Waals surface area contributed by atoms with Gasteiger partial charge in [-0.25, -0.2) is 0 Å². The molecule has 62 heavy (non-hydrogen) atoms. The van der Waals surface area contributed by atoms with Crippen molar-refractivity contribution in [3.63, 3.8) is 0 Å². The highest BCUT2D eigenvalue weighted by molar-refractivity contribution is 6.12. The lowest BCUT2D eigenvalue weighted by Crippen LogP contribution is -2.03. The number of para-hydroxylation sites is 4. The first kappa shape index (κ1) is 36.6. The SMILES string of the molecule is Cc1cccc2c3ccccc3n(-c3ccc(-c4c(-c5ccccc5)c(C#N)c(C#N)c(-c5ccccc5)c4-c4ccc(-n5c6ccccc6c6cccc(C)c65)cc4)cc3)c12. The smallest absolute Gasteiger partial charge is 0.101 e. The fourth-order valence-corrected chi connectivity index (χ4v) is 9.81. The number of benzene rings is 9. The molecular weight excluding hydrogens is 753 g/mol. The summed E-state index contributed by atoms with van der Waals surface area (Å²) in [6.07, 6.45) is 0. The van der Waals surface area contributed by atoms with Crippen LogP contribution >= 0.6 is 0 Å². The third-order valence-corrected chi connectivity index (χ3v) is 12.5. The number of nitriles is 2. The normalized spacial score (nSPS) is 11.4. The molecule has 0 aliphatic rings. The summed E-state index contributed by atoms with van der Waals surface area (Å²) in [4.78, 5) is 0. The van der Waals surface area contributed by atoms with Crippen LogP contribution in [0.3, 0.4) is 0 Å². The van der Waals surface area contributed by atoms with Gasteiger partial charge in [0.15, 0.2) is 0 Å². The van der Waals surface area contributed by atoms with Crippen molar-refractivity contribution in [2.24, 2.45) is 0 Å². The summed E-state index contributed by atoms with van der Waals surface area (Å²) in [6.45, 7) is 4.34. The zero-order valence-corrected chi connectivity index (χ0v) is 34.3. The number of aromatic nitrogens is 2. The van der Waals surface area contributed by atoms with Gasteiger partial charge in [0.2, 0.25) is 0 Å². The Morgan fingerprint density at radius 1 is 0.323 bits per heavy atom. The summed E-state index contributed by atoms with van der Waals surface area (Å²) in [5.41, 5.74) is 16.8. The molecule has 0 aliphatic carbocycles. The summed E-state index contributed by atoms with van der Waals surface area (Å²) in [6, 6.07) is 72.8. The Morgan fingerprint density at radius 2 is 0.661 bits per heavy atom. The van der Waals surface area contributed by atoms with Gasteiger partial charge in [0.1, 0.15) is 12.1 Å². The number of fused-ring (bicyclic) bond motifs is 6. The first-order chi connectivity index (χ1) is 30.6. The molecule has 0 atom stereocenters. The van der Waals surface area contributed by atoms with Gasteiger partial charge in [-0.2, -0.15) is 10.5 Å². The fraction of sp³-hybridized carbons (Fsp3) is 0.0345. The van der Waals surface area contributed by atoms with Gasteiger partial charge >= 0.3 is 0 Å². The van der Waals surface area contributed by atoms with Crippen LogP contribution in [-0.4, -0.2) is 9.13 Å². The zero-order valence-electron chi connectivity index (χ0n) is 34.3. The monoisotopic (exact) mass is 790 g/mol. The second-order valence-electron chi connectivity index (χ2n) is 15.9. The molecule has 0 bridgehead atoms. The van der Waals surface area contributed by atoms with Crippen LogP contribution in [0.2, 0.25) is 0 Å². The number of aryl methyl sites for hydroxylation is 2. The molecule has 0 radical (unpaired) electrons. The van der Waals surface area contributed by atoms with Crippen molar-refractivity contribution in [2.45, 2.75) is 13.8 Å². The molecule has 0 spiro atoms. The van der Waals surface area contributed by atoms with Gasteiger partial charge in [-0.1, -0.05) is 158 Å². The van der Waals surface area contributed by atoms with Crippen LogP contribution in [0.25, 0.3) is 99.5 Å². The van der Waals surface area contributed by atoms with Gasteiger partial charge in [0.05, 0.1) is 33.2 Å². The number of rotatable bonds is 6. The number of hydrogen-bond donors (Lipinski definition) is 0. The molecule has 290 valence electrons. The molecule has 4 heteroatoms. The summed E-state index contributed by atoms with van der Waals surface area (Å²) >= 11 is 0. The van der Waals surface area contributed by atoms with E-state index in [1.54, 1.807) is 0 Å². The Kier molecular flexibility index (Phi) is 8.67. The Labute approximate surface area is 360 Å². The predicted octanol–water partition coefficient (Wildman–Crippen LogP) is 14.9. The van der Waals surface area contributed by atoms with E-state index in [1.165, 1.54) is 43.7 Å². The molecule has 0 fully saturated rings. The maximum Gasteiger partial charge on any atom is 0.101 e. The van der Waals surface area contributed by atoms with Crippen molar-refractivity contribution in [3.05, 3.63) is 216 Å². The summed E-state index contributed by atoms with van der Waals surface area (Å²) < 4.78 is 4.71. The molecule has 11 rings (SSSR count). The summed E-state index contributed by atoms with van der Waals surface area (Å²) in [5.74, 6) is 0. The van der Waals surface area contributed by atoms with E-state index in [4.69, 9.17) is 0 Å². The van der Waals surface area contributed by atoms with Crippen molar-refractivity contribution in [1.29, 1.82) is 10.5 Å². The molecule has 11 aromatic rings. The molecule has 0 aliphatic heterocycles. The van der Waals surface area contributed by atoms with Gasteiger partial charge < -0.3 is 9.13 Å². The Balaban J connectivity index is 1.21. The van der Waals surface area contributed by atoms with Crippen LogP contribution in [0.5, 0.6) is 0 Å². The van der Waals surface area contributed by atoms with Crippen molar-refractivity contribution < 1.29 is 0 Å². The van der Waals surface area contributed by atoms with Crippen molar-refractivity contribution in [3.8, 4) is 68.0 Å². The second kappa shape index (κ2) is 14.7. The molecule has 0 unspecified atom stereocenters. The van der Waals surface area contributed by atoms with E-state index in [1.807, 2.05) is 60.7 Å². The lowest BCUT2D eigenvalue weighted by Gasteiger charge is -2.24. The highest BCUT2D eigenvalue weighted by Gasteiger charge is 2.28. The van der Waals surface area contributed by atoms with Crippen LogP contribution in [0.15, 0.2) is 194 Å². The van der Waals surface area contributed by atoms with E-state index >= 15 is 0 Å². The highest BCUT2D eigenvalue weighted by Crippen LogP contribution is 2.50. The predicted molar refractivity (Wildman–Crippen MR) is 256 cm³/mol. The van der Waals surface area contributed by atoms with Crippen LogP contribution in [0.1, 0.15) is 22.3 Å². The van der Waals surface area contributed by atoms with E-state index in [0.717, 1.165) is 66.9 Å². The molecule has 4 nitrogen and oxygen atoms in total. The van der Waals surface area contributed by atoms with E-state index in [0.29, 0.717) is 11.1 Å². The van der Waals surface area contributed by atoms with Crippen molar-refractivity contribution in [1.82, 2.24) is 9.13 Å². The van der Waals surface area contributed by atoms with Gasteiger partial charge in [-0.15, -0.1) is 0 Å². The number of nitrogens with zero attached hydrogens (tertiary/aromatic N) is 4. The molecule has 2 aromatic heterocycles. The van der Waals surface area contributed by atoms with E-state index in [-0.39, 0.29) is 0 Å². The van der Waals surface area contributed by atoms with Crippen LogP contribution < -0.4 is 0 Å². The van der Waals surface area contributed by atoms with Crippen LogP contribution in [0.4, 0.5) is 0 Å². The van der Waals surface area contributed by atoms with Crippen LogP contribution in [0, 0.1) is 36.5 Å². The summed E-state index contributed by atoms with van der Waals surface area (Å²) in [5, 5.41) is 27.1. The van der Waals surface area contributed by atoms with Crippen molar-refractivity contribution in [2.75, 3.05) is 0 Å². The van der Waals surface area contributed by atoms with Gasteiger partial charge in [0.25, 0.3) is 0 Å². The molecular formula is C58H38N4. The summed E-state index contributed by atoms with van der Waals surface area (Å²) in [7, 11) is 0. The minimum atomic E-state index is 0.357. The minimum Gasteiger partial charge on any atom is -0.309 e. The quantitative estimate of drug-likeness (QED) is 0.168. The lowest BCUT2D eigenvalue weighted by atomic mass is 9.77. The molecule has 2 heterocycles. The average molecular weight is 791 g/mol. The van der Waals surface area contributed by atoms with Crippen LogP contribution in [-0.2, 0) is 0 Å². The lowest BCUT2D eigenvalue weighted by molar-refractivity contribution is 1.17. The van der Waals surface area contributed by atoms with Crippen molar-refractivity contribution >= 4 is 43.6 Å². The third-order valence-electron chi connectivity index (χ3n) is 12.5. The molecule has 0 saturated heterocycles. The Hall–Kier alpha value is -8.44. The van der Waals surface area contributed by atoms with Gasteiger partial charge in [0, 0.05) is 44.0 Å². The second-order valence-corrected chi connectivity index (χ2v) is 15.9.